The summed E-state index contributed by atoms with van der Waals surface area (Å²) in [5.41, 5.74) is 0.890. The van der Waals surface area contributed by atoms with Crippen LogP contribution in [0.25, 0.3) is 0 Å². The Morgan fingerprint density at radius 3 is 2.62 bits per heavy atom. The number of hydrogen-bond donors (Lipinski definition) is 2. The van der Waals surface area contributed by atoms with Crippen molar-refractivity contribution >= 4 is 23.2 Å². The van der Waals surface area contributed by atoms with Crippen LogP contribution >= 0.6 is 11.3 Å². The number of thiophene rings is 1. The molecule has 6 heteroatoms. The van der Waals surface area contributed by atoms with Crippen molar-refractivity contribution in [2.75, 3.05) is 26.2 Å². The van der Waals surface area contributed by atoms with Crippen LogP contribution < -0.4 is 5.32 Å². The quantitative estimate of drug-likeness (QED) is 0.797. The zero-order chi connectivity index (χ0) is 15.8. The first-order chi connectivity index (χ1) is 10.0. The fourth-order valence-corrected chi connectivity index (χ4v) is 2.73. The van der Waals surface area contributed by atoms with Gasteiger partial charge in [-0.1, -0.05) is 11.8 Å². The minimum absolute atomic E-state index is 0.00485. The van der Waals surface area contributed by atoms with Gasteiger partial charge in [-0.2, -0.15) is 0 Å². The molecule has 0 saturated carbocycles. The van der Waals surface area contributed by atoms with Crippen LogP contribution in [-0.4, -0.2) is 48.1 Å². The van der Waals surface area contributed by atoms with E-state index in [-0.39, 0.29) is 25.0 Å². The zero-order valence-corrected chi connectivity index (χ0v) is 13.3. The molecule has 21 heavy (non-hydrogen) atoms. The van der Waals surface area contributed by atoms with Crippen LogP contribution in [-0.2, 0) is 4.79 Å². The fourth-order valence-electron chi connectivity index (χ4n) is 1.77. The average Bonchev–Trinajstić information content (AvgIpc) is 2.85. The van der Waals surface area contributed by atoms with Gasteiger partial charge in [-0.15, -0.1) is 11.3 Å². The lowest BCUT2D eigenvalue weighted by molar-refractivity contribution is -0.129. The maximum atomic E-state index is 12.0. The molecule has 0 unspecified atom stereocenters. The van der Waals surface area contributed by atoms with E-state index in [2.05, 4.69) is 17.2 Å². The summed E-state index contributed by atoms with van der Waals surface area (Å²) in [5, 5.41) is 11.3. The third kappa shape index (κ3) is 4.88. The molecule has 0 bridgehead atoms. The van der Waals surface area contributed by atoms with E-state index < -0.39 is 0 Å². The van der Waals surface area contributed by atoms with Gasteiger partial charge < -0.3 is 15.3 Å². The molecule has 0 saturated heterocycles. The van der Waals surface area contributed by atoms with Gasteiger partial charge in [0.2, 0.25) is 5.91 Å². The number of hydrogen-bond acceptors (Lipinski definition) is 4. The molecular weight excluding hydrogens is 288 g/mol. The van der Waals surface area contributed by atoms with E-state index in [0.717, 1.165) is 10.4 Å². The standard InChI is InChI=1S/C15H20N2O3S/c1-4-17(5-2)14(19)10-16-15(20)13-9-11(3)12(21-13)7-6-8-18/h9,18H,4-5,8,10H2,1-3H3,(H,16,20). The van der Waals surface area contributed by atoms with Crippen molar-refractivity contribution in [3.63, 3.8) is 0 Å². The van der Waals surface area contributed by atoms with Gasteiger partial charge in [0.25, 0.3) is 5.91 Å². The molecule has 2 amide bonds. The Morgan fingerprint density at radius 1 is 1.38 bits per heavy atom. The number of rotatable bonds is 5. The van der Waals surface area contributed by atoms with Gasteiger partial charge in [-0.3, -0.25) is 9.59 Å². The van der Waals surface area contributed by atoms with Gasteiger partial charge in [-0.05, 0) is 32.4 Å². The van der Waals surface area contributed by atoms with E-state index in [9.17, 15) is 9.59 Å². The fraction of sp³-hybridized carbons (Fsp3) is 0.467. The van der Waals surface area contributed by atoms with Crippen molar-refractivity contribution < 1.29 is 14.7 Å². The Kier molecular flexibility index (Phi) is 6.92. The second-order valence-corrected chi connectivity index (χ2v) is 5.38. The Labute approximate surface area is 129 Å². The van der Waals surface area contributed by atoms with Crippen LogP contribution in [0.4, 0.5) is 0 Å². The molecule has 5 nitrogen and oxygen atoms in total. The Bertz CT molecular complexity index is 565. The molecule has 0 spiro atoms. The van der Waals surface area contributed by atoms with Crippen LogP contribution in [0.2, 0.25) is 0 Å². The number of nitrogens with zero attached hydrogens (tertiary/aromatic N) is 1. The lowest BCUT2D eigenvalue weighted by Gasteiger charge is -2.18. The van der Waals surface area contributed by atoms with Gasteiger partial charge in [0.1, 0.15) is 6.61 Å². The molecular formula is C15H20N2O3S. The summed E-state index contributed by atoms with van der Waals surface area (Å²) in [4.78, 5) is 26.8. The minimum atomic E-state index is -0.277. The summed E-state index contributed by atoms with van der Waals surface area (Å²) in [7, 11) is 0. The van der Waals surface area contributed by atoms with Crippen molar-refractivity contribution in [3.05, 3.63) is 21.4 Å². The zero-order valence-electron chi connectivity index (χ0n) is 12.5. The molecule has 0 atom stereocenters. The number of amides is 2. The highest BCUT2D eigenvalue weighted by Crippen LogP contribution is 2.20. The van der Waals surface area contributed by atoms with Crippen molar-refractivity contribution in [2.24, 2.45) is 0 Å². The first-order valence-corrected chi connectivity index (χ1v) is 7.61. The van der Waals surface area contributed by atoms with E-state index in [0.29, 0.717) is 18.0 Å². The van der Waals surface area contributed by atoms with Crippen molar-refractivity contribution in [1.29, 1.82) is 0 Å². The lowest BCUT2D eigenvalue weighted by Crippen LogP contribution is -2.39. The van der Waals surface area contributed by atoms with E-state index in [1.807, 2.05) is 20.8 Å². The Morgan fingerprint density at radius 2 is 2.05 bits per heavy atom. The summed E-state index contributed by atoms with van der Waals surface area (Å²) < 4.78 is 0. The van der Waals surface area contributed by atoms with Crippen molar-refractivity contribution in [3.8, 4) is 11.8 Å². The summed E-state index contributed by atoms with van der Waals surface area (Å²) in [5.74, 6) is 4.99. The molecule has 0 aliphatic heterocycles. The maximum absolute atomic E-state index is 12.0. The number of aliphatic hydroxyl groups excluding tert-OH is 1. The molecule has 1 aromatic heterocycles. The molecule has 0 aliphatic rings. The molecule has 0 aromatic carbocycles. The van der Waals surface area contributed by atoms with E-state index in [4.69, 9.17) is 5.11 Å². The second kappa shape index (κ2) is 8.45. The monoisotopic (exact) mass is 308 g/mol. The molecule has 1 rings (SSSR count). The molecule has 2 N–H and O–H groups in total. The normalized spacial score (nSPS) is 9.71. The second-order valence-electron chi connectivity index (χ2n) is 4.33. The number of aryl methyl sites for hydroxylation is 1. The van der Waals surface area contributed by atoms with E-state index >= 15 is 0 Å². The molecule has 1 aromatic rings. The SMILES string of the molecule is CCN(CC)C(=O)CNC(=O)c1cc(C)c(C#CCO)s1. The molecule has 1 heterocycles. The summed E-state index contributed by atoms with van der Waals surface area (Å²) >= 11 is 1.26. The van der Waals surface area contributed by atoms with Gasteiger partial charge in [0.15, 0.2) is 0 Å². The number of nitrogens with one attached hydrogen (secondary N) is 1. The van der Waals surface area contributed by atoms with Crippen LogP contribution in [0.5, 0.6) is 0 Å². The van der Waals surface area contributed by atoms with Gasteiger partial charge >= 0.3 is 0 Å². The third-order valence-electron chi connectivity index (χ3n) is 2.94. The maximum Gasteiger partial charge on any atom is 0.261 e. The summed E-state index contributed by atoms with van der Waals surface area (Å²) in [6.07, 6.45) is 0. The molecule has 0 fully saturated rings. The summed E-state index contributed by atoms with van der Waals surface area (Å²) in [6, 6.07) is 1.74. The van der Waals surface area contributed by atoms with Gasteiger partial charge in [0.05, 0.1) is 16.3 Å². The predicted octanol–water partition coefficient (Wildman–Crippen LogP) is 0.999. The smallest absolute Gasteiger partial charge is 0.261 e. The Hall–Kier alpha value is -1.84. The van der Waals surface area contributed by atoms with Crippen LogP contribution in [0.15, 0.2) is 6.07 Å². The van der Waals surface area contributed by atoms with Crippen molar-refractivity contribution in [1.82, 2.24) is 10.2 Å². The lowest BCUT2D eigenvalue weighted by atomic mass is 10.2. The largest absolute Gasteiger partial charge is 0.384 e. The van der Waals surface area contributed by atoms with Crippen molar-refractivity contribution in [2.45, 2.75) is 20.8 Å². The topological polar surface area (TPSA) is 69.6 Å². The minimum Gasteiger partial charge on any atom is -0.384 e. The van der Waals surface area contributed by atoms with E-state index in [1.165, 1.54) is 11.3 Å². The first-order valence-electron chi connectivity index (χ1n) is 6.79. The predicted molar refractivity (Wildman–Crippen MR) is 83.3 cm³/mol. The van der Waals surface area contributed by atoms with Gasteiger partial charge in [-0.25, -0.2) is 0 Å². The third-order valence-corrected chi connectivity index (χ3v) is 4.09. The first kappa shape index (κ1) is 17.2. The van der Waals surface area contributed by atoms with Crippen LogP contribution in [0.3, 0.4) is 0 Å². The number of likely N-dealkylation sites (N-methyl/N-ethyl adjacent to an activating group) is 1. The molecule has 0 radical (unpaired) electrons. The van der Waals surface area contributed by atoms with Crippen LogP contribution in [0, 0.1) is 18.8 Å². The number of carbonyl (C=O) groups is 2. The molecule has 114 valence electrons. The highest BCUT2D eigenvalue weighted by atomic mass is 32.1. The number of aliphatic hydroxyl groups is 1. The highest BCUT2D eigenvalue weighted by Gasteiger charge is 2.14. The van der Waals surface area contributed by atoms with E-state index in [1.54, 1.807) is 11.0 Å². The highest BCUT2D eigenvalue weighted by molar-refractivity contribution is 7.14. The molecule has 0 aliphatic carbocycles. The number of carbonyl (C=O) groups excluding carboxylic acids is 2. The Balaban J connectivity index is 2.66. The van der Waals surface area contributed by atoms with Gasteiger partial charge in [0, 0.05) is 13.1 Å². The van der Waals surface area contributed by atoms with Crippen LogP contribution in [0.1, 0.15) is 34.0 Å². The summed E-state index contributed by atoms with van der Waals surface area (Å²) in [6.45, 7) is 6.70. The average molecular weight is 308 g/mol.